The summed E-state index contributed by atoms with van der Waals surface area (Å²) < 4.78 is 5.77. The number of ether oxygens (including phenoxy) is 1. The van der Waals surface area contributed by atoms with E-state index in [1.807, 2.05) is 13.0 Å². The van der Waals surface area contributed by atoms with Gasteiger partial charge in [0, 0.05) is 24.1 Å². The van der Waals surface area contributed by atoms with Crippen molar-refractivity contribution in [1.82, 2.24) is 15.1 Å². The molecule has 1 fully saturated rings. The quantitative estimate of drug-likeness (QED) is 0.850. The van der Waals surface area contributed by atoms with Gasteiger partial charge in [-0.1, -0.05) is 23.2 Å². The number of aromatic nitrogens is 2. The fourth-order valence-electron chi connectivity index (χ4n) is 2.46. The van der Waals surface area contributed by atoms with Crippen LogP contribution in [0.3, 0.4) is 0 Å². The maximum atomic E-state index is 12.6. The molecule has 0 spiro atoms. The molecule has 0 aliphatic carbocycles. The summed E-state index contributed by atoms with van der Waals surface area (Å²) in [6.07, 6.45) is 0.633. The van der Waals surface area contributed by atoms with Gasteiger partial charge in [0.25, 0.3) is 5.91 Å². The van der Waals surface area contributed by atoms with Crippen molar-refractivity contribution in [3.05, 3.63) is 51.6 Å². The number of carbonyl (C=O) groups excluding carboxylic acids is 1. The van der Waals surface area contributed by atoms with Gasteiger partial charge in [0.1, 0.15) is 6.10 Å². The standard InChI is InChI=1S/C16H15Cl2N3O2/c1-10-2-5-15(20-19-10)23-12-6-7-21(9-12)16(22)13-8-11(17)3-4-14(13)18/h2-5,8,12H,6-7,9H2,1H3. The van der Waals surface area contributed by atoms with Crippen LogP contribution in [0.5, 0.6) is 5.88 Å². The molecule has 1 saturated heterocycles. The first-order valence-corrected chi connectivity index (χ1v) is 8.00. The van der Waals surface area contributed by atoms with E-state index in [1.165, 1.54) is 0 Å². The Hall–Kier alpha value is -1.85. The van der Waals surface area contributed by atoms with Crippen LogP contribution in [0, 0.1) is 6.92 Å². The van der Waals surface area contributed by atoms with E-state index < -0.39 is 0 Å². The van der Waals surface area contributed by atoms with Crippen molar-refractivity contribution < 1.29 is 9.53 Å². The van der Waals surface area contributed by atoms with Gasteiger partial charge in [-0.15, -0.1) is 5.10 Å². The summed E-state index contributed by atoms with van der Waals surface area (Å²) in [7, 11) is 0. The molecule has 1 aromatic carbocycles. The van der Waals surface area contributed by atoms with Gasteiger partial charge in [-0.05, 0) is 31.2 Å². The Kier molecular flexibility index (Phi) is 4.68. The Morgan fingerprint density at radius 3 is 2.83 bits per heavy atom. The van der Waals surface area contributed by atoms with Crippen LogP contribution in [0.1, 0.15) is 22.5 Å². The lowest BCUT2D eigenvalue weighted by Gasteiger charge is -2.17. The number of hydrogen-bond donors (Lipinski definition) is 0. The van der Waals surface area contributed by atoms with E-state index in [9.17, 15) is 4.79 Å². The zero-order valence-corrected chi connectivity index (χ0v) is 14.0. The molecular formula is C16H15Cl2N3O2. The third-order valence-corrected chi connectivity index (χ3v) is 4.22. The Morgan fingerprint density at radius 2 is 2.09 bits per heavy atom. The highest BCUT2D eigenvalue weighted by Crippen LogP contribution is 2.24. The molecule has 3 rings (SSSR count). The lowest BCUT2D eigenvalue weighted by atomic mass is 10.2. The highest BCUT2D eigenvalue weighted by atomic mass is 35.5. The smallest absolute Gasteiger partial charge is 0.255 e. The van der Waals surface area contributed by atoms with Gasteiger partial charge in [0.2, 0.25) is 5.88 Å². The lowest BCUT2D eigenvalue weighted by molar-refractivity contribution is 0.0771. The van der Waals surface area contributed by atoms with Crippen LogP contribution >= 0.6 is 23.2 Å². The fourth-order valence-corrected chi connectivity index (χ4v) is 2.83. The monoisotopic (exact) mass is 351 g/mol. The number of benzene rings is 1. The third-order valence-electron chi connectivity index (χ3n) is 3.65. The summed E-state index contributed by atoms with van der Waals surface area (Å²) in [6.45, 7) is 2.95. The van der Waals surface area contributed by atoms with Crippen LogP contribution in [0.25, 0.3) is 0 Å². The average Bonchev–Trinajstić information content (AvgIpc) is 3.00. The number of halogens is 2. The summed E-state index contributed by atoms with van der Waals surface area (Å²) in [4.78, 5) is 14.3. The summed E-state index contributed by atoms with van der Waals surface area (Å²) >= 11 is 12.0. The van der Waals surface area contributed by atoms with Crippen molar-refractivity contribution >= 4 is 29.1 Å². The SMILES string of the molecule is Cc1ccc(OC2CCN(C(=O)c3cc(Cl)ccc3Cl)C2)nn1. The number of amides is 1. The van der Waals surface area contributed by atoms with Crippen LogP contribution in [-0.2, 0) is 0 Å². The number of nitrogens with zero attached hydrogens (tertiary/aromatic N) is 3. The molecule has 1 aliphatic heterocycles. The molecule has 7 heteroatoms. The van der Waals surface area contributed by atoms with Crippen molar-refractivity contribution in [3.63, 3.8) is 0 Å². The maximum Gasteiger partial charge on any atom is 0.255 e. The largest absolute Gasteiger partial charge is 0.471 e. The van der Waals surface area contributed by atoms with E-state index in [-0.39, 0.29) is 12.0 Å². The normalized spacial score (nSPS) is 17.3. The molecule has 1 atom stereocenters. The second kappa shape index (κ2) is 6.72. The molecule has 5 nitrogen and oxygen atoms in total. The van der Waals surface area contributed by atoms with E-state index in [0.717, 1.165) is 12.1 Å². The Morgan fingerprint density at radius 1 is 1.26 bits per heavy atom. The number of carbonyl (C=O) groups is 1. The molecule has 1 aromatic heterocycles. The molecule has 2 heterocycles. The Labute approximate surface area is 144 Å². The van der Waals surface area contributed by atoms with Crippen molar-refractivity contribution in [1.29, 1.82) is 0 Å². The van der Waals surface area contributed by atoms with Crippen LogP contribution < -0.4 is 4.74 Å². The summed E-state index contributed by atoms with van der Waals surface area (Å²) in [5.41, 5.74) is 1.24. The molecule has 0 saturated carbocycles. The highest BCUT2D eigenvalue weighted by Gasteiger charge is 2.29. The number of rotatable bonds is 3. The molecule has 1 amide bonds. The molecule has 0 N–H and O–H groups in total. The van der Waals surface area contributed by atoms with Crippen LogP contribution in [0.2, 0.25) is 10.0 Å². The first kappa shape index (κ1) is 16.0. The van der Waals surface area contributed by atoms with Crippen molar-refractivity contribution in [2.75, 3.05) is 13.1 Å². The van der Waals surface area contributed by atoms with Crippen molar-refractivity contribution in [2.45, 2.75) is 19.4 Å². The predicted molar refractivity (Wildman–Crippen MR) is 88.2 cm³/mol. The Bertz CT molecular complexity index is 722. The number of hydrogen-bond acceptors (Lipinski definition) is 4. The summed E-state index contributed by atoms with van der Waals surface area (Å²) in [5.74, 6) is 0.328. The first-order chi connectivity index (χ1) is 11.0. The second-order valence-electron chi connectivity index (χ2n) is 5.42. The molecule has 0 bridgehead atoms. The zero-order chi connectivity index (χ0) is 16.4. The highest BCUT2D eigenvalue weighted by molar-refractivity contribution is 6.35. The van der Waals surface area contributed by atoms with Crippen LogP contribution in [-0.4, -0.2) is 40.2 Å². The summed E-state index contributed by atoms with van der Waals surface area (Å²) in [6, 6.07) is 8.49. The lowest BCUT2D eigenvalue weighted by Crippen LogP contribution is -2.31. The molecule has 1 aliphatic rings. The minimum atomic E-state index is -0.140. The van der Waals surface area contributed by atoms with Gasteiger partial charge < -0.3 is 9.64 Å². The Balaban J connectivity index is 1.66. The van der Waals surface area contributed by atoms with Gasteiger partial charge in [0.15, 0.2) is 0 Å². The fraction of sp³-hybridized carbons (Fsp3) is 0.312. The first-order valence-electron chi connectivity index (χ1n) is 7.24. The molecular weight excluding hydrogens is 337 g/mol. The minimum Gasteiger partial charge on any atom is -0.471 e. The van der Waals surface area contributed by atoms with Crippen molar-refractivity contribution in [3.8, 4) is 5.88 Å². The van der Waals surface area contributed by atoms with Crippen molar-refractivity contribution in [2.24, 2.45) is 0 Å². The summed E-state index contributed by atoms with van der Waals surface area (Å²) in [5, 5.41) is 8.82. The molecule has 120 valence electrons. The van der Waals surface area contributed by atoms with Gasteiger partial charge >= 0.3 is 0 Å². The van der Waals surface area contributed by atoms with E-state index in [4.69, 9.17) is 27.9 Å². The third kappa shape index (κ3) is 3.74. The van der Waals surface area contributed by atoms with Crippen LogP contribution in [0.4, 0.5) is 0 Å². The van der Waals surface area contributed by atoms with Gasteiger partial charge in [-0.3, -0.25) is 4.79 Å². The van der Waals surface area contributed by atoms with Gasteiger partial charge in [-0.2, -0.15) is 5.10 Å². The van der Waals surface area contributed by atoms with Crippen LogP contribution in [0.15, 0.2) is 30.3 Å². The van der Waals surface area contributed by atoms with Gasteiger partial charge in [-0.25, -0.2) is 0 Å². The minimum absolute atomic E-state index is 0.103. The maximum absolute atomic E-state index is 12.6. The van der Waals surface area contributed by atoms with Gasteiger partial charge in [0.05, 0.1) is 22.8 Å². The van der Waals surface area contributed by atoms with E-state index in [2.05, 4.69) is 10.2 Å². The predicted octanol–water partition coefficient (Wildman–Crippen LogP) is 3.39. The van der Waals surface area contributed by atoms with E-state index >= 15 is 0 Å². The molecule has 1 unspecified atom stereocenters. The molecule has 2 aromatic rings. The van der Waals surface area contributed by atoms with E-state index in [1.54, 1.807) is 29.2 Å². The van der Waals surface area contributed by atoms with E-state index in [0.29, 0.717) is 34.6 Å². The average molecular weight is 352 g/mol. The molecule has 0 radical (unpaired) electrons. The number of aryl methyl sites for hydroxylation is 1. The number of likely N-dealkylation sites (tertiary alicyclic amines) is 1. The second-order valence-corrected chi connectivity index (χ2v) is 6.26. The zero-order valence-electron chi connectivity index (χ0n) is 12.5. The molecule has 23 heavy (non-hydrogen) atoms. The topological polar surface area (TPSA) is 55.3 Å².